The fourth-order valence-corrected chi connectivity index (χ4v) is 2.51. The smallest absolute Gasteiger partial charge is 0.271 e. The Morgan fingerprint density at radius 2 is 1.64 bits per heavy atom. The van der Waals surface area contributed by atoms with Crippen LogP contribution < -0.4 is 10.6 Å². The van der Waals surface area contributed by atoms with Crippen molar-refractivity contribution in [3.63, 3.8) is 0 Å². The summed E-state index contributed by atoms with van der Waals surface area (Å²) < 4.78 is 0. The van der Waals surface area contributed by atoms with E-state index in [1.807, 2.05) is 50.2 Å². The van der Waals surface area contributed by atoms with Gasteiger partial charge in [-0.3, -0.25) is 14.6 Å². The average Bonchev–Trinajstić information content (AvgIpc) is 2.62. The van der Waals surface area contributed by atoms with Crippen molar-refractivity contribution in [1.29, 1.82) is 0 Å². The molecular formula is C19H18N4O2. The molecule has 0 aliphatic carbocycles. The SMILES string of the molecule is Cc1cccc(C)c1NC(=O)CNC(=O)c1cnc2ccccc2n1. The Morgan fingerprint density at radius 3 is 2.36 bits per heavy atom. The van der Waals surface area contributed by atoms with E-state index in [-0.39, 0.29) is 18.1 Å². The maximum absolute atomic E-state index is 12.2. The van der Waals surface area contributed by atoms with Crippen LogP contribution in [0, 0.1) is 13.8 Å². The van der Waals surface area contributed by atoms with Gasteiger partial charge in [-0.1, -0.05) is 30.3 Å². The highest BCUT2D eigenvalue weighted by Crippen LogP contribution is 2.19. The Labute approximate surface area is 145 Å². The molecular weight excluding hydrogens is 316 g/mol. The van der Waals surface area contributed by atoms with Crippen molar-refractivity contribution in [2.75, 3.05) is 11.9 Å². The number of rotatable bonds is 4. The molecule has 0 aliphatic heterocycles. The van der Waals surface area contributed by atoms with E-state index >= 15 is 0 Å². The lowest BCUT2D eigenvalue weighted by atomic mass is 10.1. The molecule has 0 spiro atoms. The van der Waals surface area contributed by atoms with Crippen LogP contribution in [-0.4, -0.2) is 28.3 Å². The quantitative estimate of drug-likeness (QED) is 0.768. The first kappa shape index (κ1) is 16.6. The molecule has 1 heterocycles. The summed E-state index contributed by atoms with van der Waals surface area (Å²) in [6.45, 7) is 3.71. The molecule has 126 valence electrons. The molecule has 0 fully saturated rings. The lowest BCUT2D eigenvalue weighted by Gasteiger charge is -2.11. The molecule has 3 rings (SSSR count). The number of para-hydroxylation sites is 3. The number of nitrogens with zero attached hydrogens (tertiary/aromatic N) is 2. The molecule has 0 saturated heterocycles. The Kier molecular flexibility index (Phi) is 4.70. The van der Waals surface area contributed by atoms with Gasteiger partial charge >= 0.3 is 0 Å². The number of aromatic nitrogens is 2. The second-order valence-electron chi connectivity index (χ2n) is 5.74. The first-order valence-corrected chi connectivity index (χ1v) is 7.90. The van der Waals surface area contributed by atoms with Crippen LogP contribution in [0.25, 0.3) is 11.0 Å². The molecule has 0 saturated carbocycles. The summed E-state index contributed by atoms with van der Waals surface area (Å²) in [5.74, 6) is -0.727. The maximum atomic E-state index is 12.2. The number of hydrogen-bond donors (Lipinski definition) is 2. The lowest BCUT2D eigenvalue weighted by Crippen LogP contribution is -2.33. The van der Waals surface area contributed by atoms with E-state index in [1.54, 1.807) is 6.07 Å². The van der Waals surface area contributed by atoms with E-state index in [9.17, 15) is 9.59 Å². The van der Waals surface area contributed by atoms with Gasteiger partial charge in [0.15, 0.2) is 0 Å². The fraction of sp³-hybridized carbons (Fsp3) is 0.158. The first-order chi connectivity index (χ1) is 12.0. The number of anilines is 1. The Balaban J connectivity index is 1.64. The van der Waals surface area contributed by atoms with Crippen LogP contribution in [0.15, 0.2) is 48.7 Å². The largest absolute Gasteiger partial charge is 0.342 e. The number of fused-ring (bicyclic) bond motifs is 1. The summed E-state index contributed by atoms with van der Waals surface area (Å²) >= 11 is 0. The minimum absolute atomic E-state index is 0.138. The van der Waals surface area contributed by atoms with Crippen molar-refractivity contribution in [2.45, 2.75) is 13.8 Å². The zero-order chi connectivity index (χ0) is 17.8. The Bertz CT molecular complexity index is 933. The van der Waals surface area contributed by atoms with E-state index in [4.69, 9.17) is 0 Å². The van der Waals surface area contributed by atoms with Crippen LogP contribution in [0.4, 0.5) is 5.69 Å². The highest BCUT2D eigenvalue weighted by molar-refractivity contribution is 5.99. The van der Waals surface area contributed by atoms with E-state index in [0.29, 0.717) is 11.0 Å². The van der Waals surface area contributed by atoms with Gasteiger partial charge in [-0.15, -0.1) is 0 Å². The third-order valence-electron chi connectivity index (χ3n) is 3.84. The first-order valence-electron chi connectivity index (χ1n) is 7.90. The van der Waals surface area contributed by atoms with Crippen molar-refractivity contribution in [2.24, 2.45) is 0 Å². The second kappa shape index (κ2) is 7.09. The predicted octanol–water partition coefficient (Wildman–Crippen LogP) is 2.62. The van der Waals surface area contributed by atoms with Crippen LogP contribution in [0.5, 0.6) is 0 Å². The molecule has 2 N–H and O–H groups in total. The normalized spacial score (nSPS) is 10.5. The standard InChI is InChI=1S/C19H18N4O2/c1-12-6-5-7-13(2)18(12)23-17(24)11-21-19(25)16-10-20-14-8-3-4-9-15(14)22-16/h3-10H,11H2,1-2H3,(H,21,25)(H,23,24). The number of carbonyl (C=O) groups is 2. The molecule has 0 bridgehead atoms. The summed E-state index contributed by atoms with van der Waals surface area (Å²) in [5.41, 5.74) is 4.24. The fourth-order valence-electron chi connectivity index (χ4n) is 2.51. The molecule has 6 nitrogen and oxygen atoms in total. The van der Waals surface area contributed by atoms with Gasteiger partial charge in [-0.2, -0.15) is 0 Å². The number of hydrogen-bond acceptors (Lipinski definition) is 4. The Morgan fingerprint density at radius 1 is 0.960 bits per heavy atom. The van der Waals surface area contributed by atoms with Crippen molar-refractivity contribution in [3.8, 4) is 0 Å². The topological polar surface area (TPSA) is 84.0 Å². The van der Waals surface area contributed by atoms with E-state index in [0.717, 1.165) is 16.8 Å². The number of amides is 2. The van der Waals surface area contributed by atoms with Gasteiger partial charge in [-0.25, -0.2) is 4.98 Å². The molecule has 1 aromatic heterocycles. The monoisotopic (exact) mass is 334 g/mol. The third kappa shape index (κ3) is 3.80. The lowest BCUT2D eigenvalue weighted by molar-refractivity contribution is -0.115. The summed E-state index contributed by atoms with van der Waals surface area (Å²) in [7, 11) is 0. The van der Waals surface area contributed by atoms with Crippen LogP contribution in [0.2, 0.25) is 0 Å². The molecule has 25 heavy (non-hydrogen) atoms. The zero-order valence-electron chi connectivity index (χ0n) is 14.0. The second-order valence-corrected chi connectivity index (χ2v) is 5.74. The van der Waals surface area contributed by atoms with Crippen molar-refractivity contribution in [1.82, 2.24) is 15.3 Å². The summed E-state index contributed by atoms with van der Waals surface area (Å²) in [5, 5.41) is 5.39. The number of aryl methyl sites for hydroxylation is 2. The van der Waals surface area contributed by atoms with Crippen LogP contribution in [0.3, 0.4) is 0 Å². The molecule has 0 aliphatic rings. The van der Waals surface area contributed by atoms with Crippen molar-refractivity contribution >= 4 is 28.5 Å². The molecule has 2 amide bonds. The van der Waals surface area contributed by atoms with Crippen LogP contribution in [0.1, 0.15) is 21.6 Å². The van der Waals surface area contributed by atoms with Crippen LogP contribution in [-0.2, 0) is 4.79 Å². The van der Waals surface area contributed by atoms with Gasteiger partial charge in [-0.05, 0) is 37.1 Å². The number of nitrogens with one attached hydrogen (secondary N) is 2. The van der Waals surface area contributed by atoms with E-state index in [2.05, 4.69) is 20.6 Å². The number of carbonyl (C=O) groups excluding carboxylic acids is 2. The summed E-state index contributed by atoms with van der Waals surface area (Å²) in [6, 6.07) is 13.1. The van der Waals surface area contributed by atoms with Gasteiger partial charge < -0.3 is 10.6 Å². The van der Waals surface area contributed by atoms with Crippen molar-refractivity contribution in [3.05, 3.63) is 65.5 Å². The highest BCUT2D eigenvalue weighted by atomic mass is 16.2. The molecule has 3 aromatic rings. The molecule has 2 aromatic carbocycles. The highest BCUT2D eigenvalue weighted by Gasteiger charge is 2.12. The molecule has 6 heteroatoms. The van der Waals surface area contributed by atoms with E-state index in [1.165, 1.54) is 6.20 Å². The van der Waals surface area contributed by atoms with Gasteiger partial charge in [0, 0.05) is 5.69 Å². The van der Waals surface area contributed by atoms with Gasteiger partial charge in [0.1, 0.15) is 5.69 Å². The summed E-state index contributed by atoms with van der Waals surface area (Å²) in [4.78, 5) is 32.7. The van der Waals surface area contributed by atoms with Crippen molar-refractivity contribution < 1.29 is 9.59 Å². The minimum atomic E-state index is -0.435. The molecule has 0 atom stereocenters. The van der Waals surface area contributed by atoms with E-state index < -0.39 is 5.91 Å². The average molecular weight is 334 g/mol. The molecule has 0 radical (unpaired) electrons. The van der Waals surface area contributed by atoms with Gasteiger partial charge in [0.2, 0.25) is 5.91 Å². The Hall–Kier alpha value is -3.28. The zero-order valence-corrected chi connectivity index (χ0v) is 14.0. The van der Waals surface area contributed by atoms with Gasteiger partial charge in [0.05, 0.1) is 23.8 Å². The third-order valence-corrected chi connectivity index (χ3v) is 3.84. The van der Waals surface area contributed by atoms with Crippen LogP contribution >= 0.6 is 0 Å². The molecule has 0 unspecified atom stereocenters. The predicted molar refractivity (Wildman–Crippen MR) is 96.4 cm³/mol. The number of benzene rings is 2. The minimum Gasteiger partial charge on any atom is -0.342 e. The van der Waals surface area contributed by atoms with Gasteiger partial charge in [0.25, 0.3) is 5.91 Å². The summed E-state index contributed by atoms with van der Waals surface area (Å²) in [6.07, 6.45) is 1.40. The maximum Gasteiger partial charge on any atom is 0.271 e.